The first kappa shape index (κ1) is 14.2. The Morgan fingerprint density at radius 2 is 1.87 bits per heavy atom. The third kappa shape index (κ3) is 6.32. The molecule has 1 fully saturated rings. The number of hydrazone groups is 1. The average Bonchev–Trinajstić information content (AvgIpc) is 3.03. The predicted molar refractivity (Wildman–Crippen MR) is 69.2 cm³/mol. The molecule has 0 aromatic heterocycles. The molecule has 0 amide bonds. The van der Waals surface area contributed by atoms with Crippen molar-refractivity contribution in [3.05, 3.63) is 12.2 Å². The molecule has 1 aliphatic rings. The summed E-state index contributed by atoms with van der Waals surface area (Å²) >= 11 is 0. The summed E-state index contributed by atoms with van der Waals surface area (Å²) in [5.41, 5.74) is 2.12. The van der Waals surface area contributed by atoms with Crippen LogP contribution in [0.4, 0.5) is 0 Å². The maximum Gasteiger partial charge on any atom is 0.0597 e. The minimum Gasteiger partial charge on any atom is -0.297 e. The van der Waals surface area contributed by atoms with Gasteiger partial charge in [-0.15, -0.1) is 0 Å². The van der Waals surface area contributed by atoms with Crippen LogP contribution in [0, 0.1) is 5.92 Å². The van der Waals surface area contributed by atoms with Crippen molar-refractivity contribution in [2.24, 2.45) is 11.0 Å². The van der Waals surface area contributed by atoms with E-state index in [0.29, 0.717) is 0 Å². The van der Waals surface area contributed by atoms with E-state index in [4.69, 9.17) is 0 Å². The molecule has 2 heteroatoms. The second-order valence-corrected chi connectivity index (χ2v) is 3.91. The third-order valence-corrected chi connectivity index (χ3v) is 2.44. The summed E-state index contributed by atoms with van der Waals surface area (Å²) < 4.78 is 0. The fraction of sp³-hybridized carbons (Fsp3) is 0.769. The minimum atomic E-state index is 0.904. The maximum atomic E-state index is 4.53. The molecule has 0 spiro atoms. The first-order valence-electron chi connectivity index (χ1n) is 6.09. The van der Waals surface area contributed by atoms with Crippen LogP contribution < -0.4 is 0 Å². The van der Waals surface area contributed by atoms with E-state index in [1.165, 1.54) is 12.8 Å². The molecule has 0 bridgehead atoms. The van der Waals surface area contributed by atoms with Gasteiger partial charge in [0, 0.05) is 13.1 Å². The standard InChI is InChI=1S/C11H20N2.C2H6/c1-5-13(8-11-6-7-11)12-10(4)9(2)3;1-2/h11H,2,5-8H2,1,3-4H3;1-2H3/b12-10-;. The van der Waals surface area contributed by atoms with Gasteiger partial charge in [0.15, 0.2) is 0 Å². The molecular weight excluding hydrogens is 184 g/mol. The van der Waals surface area contributed by atoms with Gasteiger partial charge in [0.2, 0.25) is 0 Å². The summed E-state index contributed by atoms with van der Waals surface area (Å²) in [6.45, 7) is 16.2. The highest BCUT2D eigenvalue weighted by molar-refractivity contribution is 5.96. The fourth-order valence-corrected chi connectivity index (χ4v) is 1.14. The molecule has 2 nitrogen and oxygen atoms in total. The second-order valence-electron chi connectivity index (χ2n) is 3.91. The van der Waals surface area contributed by atoms with Gasteiger partial charge in [-0.1, -0.05) is 20.4 Å². The van der Waals surface area contributed by atoms with Crippen molar-refractivity contribution < 1.29 is 0 Å². The lowest BCUT2D eigenvalue weighted by Gasteiger charge is -2.17. The van der Waals surface area contributed by atoms with E-state index in [1.807, 2.05) is 27.7 Å². The van der Waals surface area contributed by atoms with Crippen molar-refractivity contribution in [3.8, 4) is 0 Å². The van der Waals surface area contributed by atoms with Gasteiger partial charge < -0.3 is 0 Å². The molecule has 0 unspecified atom stereocenters. The van der Waals surface area contributed by atoms with E-state index in [0.717, 1.165) is 30.3 Å². The van der Waals surface area contributed by atoms with Crippen molar-refractivity contribution in [2.75, 3.05) is 13.1 Å². The molecule has 1 aliphatic carbocycles. The Morgan fingerprint density at radius 1 is 1.33 bits per heavy atom. The van der Waals surface area contributed by atoms with E-state index in [1.54, 1.807) is 0 Å². The normalized spacial score (nSPS) is 15.4. The van der Waals surface area contributed by atoms with Crippen molar-refractivity contribution in [3.63, 3.8) is 0 Å². The lowest BCUT2D eigenvalue weighted by atomic mass is 10.2. The molecule has 0 aromatic carbocycles. The summed E-state index contributed by atoms with van der Waals surface area (Å²) in [4.78, 5) is 0. The van der Waals surface area contributed by atoms with Crippen LogP contribution in [0.25, 0.3) is 0 Å². The number of hydrogen-bond acceptors (Lipinski definition) is 2. The number of allylic oxidation sites excluding steroid dienone is 1. The van der Waals surface area contributed by atoms with E-state index in [9.17, 15) is 0 Å². The molecule has 1 rings (SSSR count). The van der Waals surface area contributed by atoms with Gasteiger partial charge in [-0.2, -0.15) is 5.10 Å². The Morgan fingerprint density at radius 3 is 2.20 bits per heavy atom. The number of rotatable bonds is 5. The van der Waals surface area contributed by atoms with Crippen molar-refractivity contribution in [2.45, 2.75) is 47.5 Å². The Balaban J connectivity index is 0.000000921. The summed E-state index contributed by atoms with van der Waals surface area (Å²) in [7, 11) is 0. The molecule has 0 N–H and O–H groups in total. The Bertz CT molecular complexity index is 215. The van der Waals surface area contributed by atoms with Crippen molar-refractivity contribution in [1.82, 2.24) is 5.01 Å². The van der Waals surface area contributed by atoms with Crippen LogP contribution in [0.15, 0.2) is 17.3 Å². The molecule has 0 saturated heterocycles. The van der Waals surface area contributed by atoms with Crippen LogP contribution in [-0.4, -0.2) is 23.8 Å². The first-order chi connectivity index (χ1) is 7.13. The highest BCUT2D eigenvalue weighted by atomic mass is 15.4. The van der Waals surface area contributed by atoms with Gasteiger partial charge in [-0.05, 0) is 45.1 Å². The van der Waals surface area contributed by atoms with Gasteiger partial charge in [-0.25, -0.2) is 0 Å². The zero-order valence-electron chi connectivity index (χ0n) is 11.0. The van der Waals surface area contributed by atoms with Crippen LogP contribution in [0.1, 0.15) is 47.5 Å². The molecule has 0 aromatic rings. The smallest absolute Gasteiger partial charge is 0.0597 e. The summed E-state index contributed by atoms with van der Waals surface area (Å²) in [6, 6.07) is 0. The molecule has 0 radical (unpaired) electrons. The van der Waals surface area contributed by atoms with E-state index in [2.05, 4.69) is 23.6 Å². The van der Waals surface area contributed by atoms with E-state index >= 15 is 0 Å². The highest BCUT2D eigenvalue weighted by Crippen LogP contribution is 2.29. The quantitative estimate of drug-likeness (QED) is 0.499. The minimum absolute atomic E-state index is 0.904. The largest absolute Gasteiger partial charge is 0.297 e. The first-order valence-corrected chi connectivity index (χ1v) is 6.09. The summed E-state index contributed by atoms with van der Waals surface area (Å²) in [5.74, 6) is 0.904. The maximum absolute atomic E-state index is 4.53. The van der Waals surface area contributed by atoms with Crippen LogP contribution in [0.2, 0.25) is 0 Å². The summed E-state index contributed by atoms with van der Waals surface area (Å²) in [6.07, 6.45) is 2.77. The van der Waals surface area contributed by atoms with Gasteiger partial charge >= 0.3 is 0 Å². The van der Waals surface area contributed by atoms with Gasteiger partial charge in [0.25, 0.3) is 0 Å². The lowest BCUT2D eigenvalue weighted by molar-refractivity contribution is 0.291. The number of hydrogen-bond donors (Lipinski definition) is 0. The van der Waals surface area contributed by atoms with E-state index < -0.39 is 0 Å². The Kier molecular flexibility index (Phi) is 7.10. The molecule has 0 atom stereocenters. The van der Waals surface area contributed by atoms with Crippen molar-refractivity contribution >= 4 is 5.71 Å². The third-order valence-electron chi connectivity index (χ3n) is 2.44. The predicted octanol–water partition coefficient (Wildman–Crippen LogP) is 3.70. The zero-order chi connectivity index (χ0) is 11.8. The van der Waals surface area contributed by atoms with Crippen molar-refractivity contribution in [1.29, 1.82) is 0 Å². The van der Waals surface area contributed by atoms with Crippen LogP contribution in [-0.2, 0) is 0 Å². The lowest BCUT2D eigenvalue weighted by Crippen LogP contribution is -2.21. The monoisotopic (exact) mass is 210 g/mol. The molecule has 88 valence electrons. The average molecular weight is 210 g/mol. The highest BCUT2D eigenvalue weighted by Gasteiger charge is 2.23. The molecule has 0 heterocycles. The molecule has 15 heavy (non-hydrogen) atoms. The molecular formula is C13H26N2. The van der Waals surface area contributed by atoms with Crippen LogP contribution >= 0.6 is 0 Å². The van der Waals surface area contributed by atoms with Gasteiger partial charge in [-0.3, -0.25) is 5.01 Å². The summed E-state index contributed by atoms with van der Waals surface area (Å²) in [5, 5.41) is 6.68. The molecule has 0 aliphatic heterocycles. The molecule has 1 saturated carbocycles. The van der Waals surface area contributed by atoms with Crippen LogP contribution in [0.3, 0.4) is 0 Å². The zero-order valence-corrected chi connectivity index (χ0v) is 11.0. The van der Waals surface area contributed by atoms with Crippen LogP contribution in [0.5, 0.6) is 0 Å². The second kappa shape index (κ2) is 7.49. The fourth-order valence-electron chi connectivity index (χ4n) is 1.14. The Labute approximate surface area is 95.1 Å². The SMILES string of the molecule is C=C(C)/C(C)=N\N(CC)CC1CC1.CC. The number of nitrogens with zero attached hydrogens (tertiary/aromatic N) is 2. The van der Waals surface area contributed by atoms with Gasteiger partial charge in [0.05, 0.1) is 5.71 Å². The van der Waals surface area contributed by atoms with Gasteiger partial charge in [0.1, 0.15) is 0 Å². The Hall–Kier alpha value is -0.790. The van der Waals surface area contributed by atoms with E-state index in [-0.39, 0.29) is 0 Å². The topological polar surface area (TPSA) is 15.6 Å².